The van der Waals surface area contributed by atoms with Crippen molar-refractivity contribution < 1.29 is 8.42 Å². The molecule has 0 saturated heterocycles. The van der Waals surface area contributed by atoms with Crippen LogP contribution in [0.25, 0.3) is 0 Å². The van der Waals surface area contributed by atoms with Crippen LogP contribution in [0.15, 0.2) is 39.7 Å². The quantitative estimate of drug-likeness (QED) is 0.840. The lowest BCUT2D eigenvalue weighted by Crippen LogP contribution is -2.40. The highest BCUT2D eigenvalue weighted by atomic mass is 32.2. The van der Waals surface area contributed by atoms with Crippen molar-refractivity contribution in [2.24, 2.45) is 9.39 Å². The summed E-state index contributed by atoms with van der Waals surface area (Å²) in [6, 6.07) is 10.2. The van der Waals surface area contributed by atoms with Crippen LogP contribution in [0.4, 0.5) is 5.82 Å². The number of nitrogens with zero attached hydrogens (tertiary/aromatic N) is 4. The molecular weight excluding hydrogens is 324 g/mol. The molecule has 2 aliphatic heterocycles. The Bertz CT molecular complexity index is 972. The molecule has 0 N–H and O–H groups in total. The van der Waals surface area contributed by atoms with Crippen molar-refractivity contribution in [2.45, 2.75) is 20.4 Å². The van der Waals surface area contributed by atoms with Crippen molar-refractivity contribution in [3.63, 3.8) is 0 Å². The third-order valence-electron chi connectivity index (χ3n) is 4.62. The maximum absolute atomic E-state index is 11.9. The molecule has 7 heteroatoms. The number of rotatable bonds is 2. The Morgan fingerprint density at radius 3 is 2.67 bits per heavy atom. The predicted octanol–water partition coefficient (Wildman–Crippen LogP) is 2.22. The van der Waals surface area contributed by atoms with Gasteiger partial charge in [0.25, 0.3) is 10.0 Å². The zero-order valence-electron chi connectivity index (χ0n) is 13.6. The van der Waals surface area contributed by atoms with E-state index in [0.29, 0.717) is 18.9 Å². The summed E-state index contributed by atoms with van der Waals surface area (Å²) in [6.45, 7) is 5.12. The van der Waals surface area contributed by atoms with Crippen LogP contribution in [0, 0.1) is 13.8 Å². The minimum Gasteiger partial charge on any atom is -0.325 e. The fourth-order valence-electron chi connectivity index (χ4n) is 3.18. The summed E-state index contributed by atoms with van der Waals surface area (Å²) in [4.78, 5) is 6.41. The van der Waals surface area contributed by atoms with Crippen molar-refractivity contribution in [3.05, 3.63) is 52.7 Å². The second-order valence-electron chi connectivity index (χ2n) is 6.12. The van der Waals surface area contributed by atoms with Gasteiger partial charge in [-0.15, -0.1) is 4.40 Å². The molecule has 0 amide bonds. The van der Waals surface area contributed by atoms with Gasteiger partial charge in [-0.1, -0.05) is 30.3 Å². The van der Waals surface area contributed by atoms with Gasteiger partial charge < -0.3 is 9.47 Å². The summed E-state index contributed by atoms with van der Waals surface area (Å²) < 4.78 is 30.0. The maximum Gasteiger partial charge on any atom is 0.256 e. The zero-order chi connectivity index (χ0) is 16.9. The van der Waals surface area contributed by atoms with Gasteiger partial charge in [0.1, 0.15) is 5.82 Å². The van der Waals surface area contributed by atoms with E-state index < -0.39 is 10.0 Å². The lowest BCUT2D eigenvalue weighted by molar-refractivity contribution is 0.572. The van der Waals surface area contributed by atoms with Crippen molar-refractivity contribution in [3.8, 4) is 0 Å². The summed E-state index contributed by atoms with van der Waals surface area (Å²) >= 11 is 0. The van der Waals surface area contributed by atoms with E-state index in [2.05, 4.69) is 26.1 Å². The SMILES string of the molecule is Cc1c2c(n(Cc3ccccc3)c1C)N=CN1CCS(=O)(=O)N=C21. The monoisotopic (exact) mass is 342 g/mol. The van der Waals surface area contributed by atoms with Crippen molar-refractivity contribution in [1.29, 1.82) is 0 Å². The molecule has 1 aromatic carbocycles. The Hall–Kier alpha value is -2.41. The van der Waals surface area contributed by atoms with Crippen LogP contribution in [0.1, 0.15) is 22.4 Å². The van der Waals surface area contributed by atoms with Crippen LogP contribution in [0.5, 0.6) is 0 Å². The smallest absolute Gasteiger partial charge is 0.256 e. The van der Waals surface area contributed by atoms with Crippen LogP contribution < -0.4 is 0 Å². The van der Waals surface area contributed by atoms with Crippen LogP contribution in [-0.4, -0.2) is 42.4 Å². The highest BCUT2D eigenvalue weighted by Crippen LogP contribution is 2.34. The Labute approximate surface area is 141 Å². The van der Waals surface area contributed by atoms with Gasteiger partial charge in [-0.05, 0) is 25.0 Å². The first kappa shape index (κ1) is 15.1. The Morgan fingerprint density at radius 2 is 1.92 bits per heavy atom. The fraction of sp³-hybridized carbons (Fsp3) is 0.294. The molecule has 0 spiro atoms. The molecule has 0 atom stereocenters. The number of fused-ring (bicyclic) bond motifs is 3. The van der Waals surface area contributed by atoms with E-state index in [1.807, 2.05) is 36.9 Å². The van der Waals surface area contributed by atoms with Crippen LogP contribution in [0.2, 0.25) is 0 Å². The normalized spacial score (nSPS) is 18.1. The fourth-order valence-corrected chi connectivity index (χ4v) is 4.16. The van der Waals surface area contributed by atoms with Gasteiger partial charge in [-0.25, -0.2) is 13.4 Å². The van der Waals surface area contributed by atoms with Gasteiger partial charge in [0.2, 0.25) is 0 Å². The van der Waals surface area contributed by atoms with Crippen LogP contribution in [0.3, 0.4) is 0 Å². The van der Waals surface area contributed by atoms with Gasteiger partial charge >= 0.3 is 0 Å². The third-order valence-corrected chi connectivity index (χ3v) is 5.77. The molecule has 2 aliphatic rings. The molecule has 0 radical (unpaired) electrons. The van der Waals surface area contributed by atoms with E-state index in [1.165, 1.54) is 5.56 Å². The lowest BCUT2D eigenvalue weighted by atomic mass is 10.1. The molecule has 0 fully saturated rings. The summed E-state index contributed by atoms with van der Waals surface area (Å²) in [7, 11) is -3.40. The highest BCUT2D eigenvalue weighted by molar-refractivity contribution is 7.90. The number of aliphatic imine (C=N–C) groups is 1. The van der Waals surface area contributed by atoms with E-state index in [-0.39, 0.29) is 5.75 Å². The summed E-state index contributed by atoms with van der Waals surface area (Å²) in [6.07, 6.45) is 1.69. The first-order valence-corrected chi connectivity index (χ1v) is 9.44. The maximum atomic E-state index is 11.9. The lowest BCUT2D eigenvalue weighted by Gasteiger charge is -2.28. The summed E-state index contributed by atoms with van der Waals surface area (Å²) in [5.41, 5.74) is 4.11. The first-order valence-electron chi connectivity index (χ1n) is 7.84. The molecule has 0 bridgehead atoms. The van der Waals surface area contributed by atoms with Crippen LogP contribution in [-0.2, 0) is 16.6 Å². The largest absolute Gasteiger partial charge is 0.325 e. The number of sulfonamides is 1. The first-order chi connectivity index (χ1) is 11.5. The van der Waals surface area contributed by atoms with E-state index in [0.717, 1.165) is 22.6 Å². The van der Waals surface area contributed by atoms with Gasteiger partial charge in [0.15, 0.2) is 5.84 Å². The number of amidine groups is 1. The molecule has 1 aromatic heterocycles. The predicted molar refractivity (Wildman–Crippen MR) is 94.6 cm³/mol. The second-order valence-corrected chi connectivity index (χ2v) is 7.87. The molecule has 24 heavy (non-hydrogen) atoms. The Kier molecular flexibility index (Phi) is 3.35. The minimum atomic E-state index is -3.40. The van der Waals surface area contributed by atoms with Crippen molar-refractivity contribution in [2.75, 3.05) is 12.3 Å². The molecule has 2 aromatic rings. The average molecular weight is 342 g/mol. The van der Waals surface area contributed by atoms with Crippen LogP contribution >= 0.6 is 0 Å². The molecule has 6 nitrogen and oxygen atoms in total. The summed E-state index contributed by atoms with van der Waals surface area (Å²) in [5, 5.41) is 0. The van der Waals surface area contributed by atoms with Gasteiger partial charge in [-0.3, -0.25) is 0 Å². The van der Waals surface area contributed by atoms with Gasteiger partial charge in [-0.2, -0.15) is 0 Å². The van der Waals surface area contributed by atoms with E-state index in [4.69, 9.17) is 0 Å². The minimum absolute atomic E-state index is 0.0284. The Morgan fingerprint density at radius 1 is 1.17 bits per heavy atom. The molecular formula is C17H18N4O2S. The van der Waals surface area contributed by atoms with E-state index in [1.54, 1.807) is 6.34 Å². The molecule has 124 valence electrons. The third kappa shape index (κ3) is 2.36. The molecule has 0 aliphatic carbocycles. The molecule has 4 rings (SSSR count). The standard InChI is InChI=1S/C17H18N4O2S/c1-12-13(2)21(10-14-6-4-3-5-7-14)16-15(12)17-19-24(22,23)9-8-20(17)11-18-16/h3-7,11H,8-10H2,1-2H3. The van der Waals surface area contributed by atoms with E-state index in [9.17, 15) is 8.42 Å². The van der Waals surface area contributed by atoms with Crippen molar-refractivity contribution >= 4 is 28.0 Å². The highest BCUT2D eigenvalue weighted by Gasteiger charge is 2.32. The van der Waals surface area contributed by atoms with Gasteiger partial charge in [0, 0.05) is 18.8 Å². The number of aromatic nitrogens is 1. The average Bonchev–Trinajstić information content (AvgIpc) is 2.80. The summed E-state index contributed by atoms with van der Waals surface area (Å²) in [5.74, 6) is 1.31. The number of benzene rings is 1. The van der Waals surface area contributed by atoms with Gasteiger partial charge in [0.05, 0.1) is 17.7 Å². The second kappa shape index (κ2) is 5.31. The molecule has 0 unspecified atom stereocenters. The number of hydrogen-bond acceptors (Lipinski definition) is 4. The molecule has 0 saturated carbocycles. The topological polar surface area (TPSA) is 67.0 Å². The number of hydrogen-bond donors (Lipinski definition) is 0. The molecule has 3 heterocycles. The Balaban J connectivity index is 1.88. The van der Waals surface area contributed by atoms with Crippen molar-refractivity contribution in [1.82, 2.24) is 9.47 Å². The zero-order valence-corrected chi connectivity index (χ0v) is 14.4. The van der Waals surface area contributed by atoms with E-state index >= 15 is 0 Å².